The monoisotopic (exact) mass is 293 g/mol. The third-order valence-electron chi connectivity index (χ3n) is 3.86. The van der Waals surface area contributed by atoms with Crippen LogP contribution >= 0.6 is 0 Å². The fraction of sp³-hybridized carbons (Fsp3) is 0.500. The molecule has 0 saturated carbocycles. The molecule has 0 aliphatic carbocycles. The number of hydrogen-bond acceptors (Lipinski definition) is 3. The van der Waals surface area contributed by atoms with Gasteiger partial charge in [0.1, 0.15) is 11.9 Å². The summed E-state index contributed by atoms with van der Waals surface area (Å²) >= 11 is 0. The van der Waals surface area contributed by atoms with Crippen LogP contribution in [-0.2, 0) is 20.7 Å². The molecule has 21 heavy (non-hydrogen) atoms. The first-order valence-electron chi connectivity index (χ1n) is 7.24. The second-order valence-corrected chi connectivity index (χ2v) is 5.21. The predicted octanol–water partition coefficient (Wildman–Crippen LogP) is 2.31. The highest BCUT2D eigenvalue weighted by atomic mass is 19.1. The molecule has 4 nitrogen and oxygen atoms in total. The molecule has 1 saturated heterocycles. The van der Waals surface area contributed by atoms with Crippen molar-refractivity contribution in [1.29, 1.82) is 0 Å². The van der Waals surface area contributed by atoms with E-state index in [2.05, 4.69) is 0 Å². The van der Waals surface area contributed by atoms with E-state index in [1.807, 2.05) is 0 Å². The minimum Gasteiger partial charge on any atom is -0.467 e. The summed E-state index contributed by atoms with van der Waals surface area (Å²) in [6, 6.07) is 5.95. The highest BCUT2D eigenvalue weighted by Crippen LogP contribution is 2.20. The Labute approximate surface area is 123 Å². The number of nitrogens with zero attached hydrogens (tertiary/aromatic N) is 1. The summed E-state index contributed by atoms with van der Waals surface area (Å²) < 4.78 is 18.3. The lowest BCUT2D eigenvalue weighted by atomic mass is 10.0. The van der Waals surface area contributed by atoms with Crippen molar-refractivity contribution in [3.63, 3.8) is 0 Å². The van der Waals surface area contributed by atoms with E-state index in [9.17, 15) is 14.0 Å². The summed E-state index contributed by atoms with van der Waals surface area (Å²) in [4.78, 5) is 25.6. The zero-order chi connectivity index (χ0) is 15.2. The van der Waals surface area contributed by atoms with Crippen molar-refractivity contribution in [3.8, 4) is 0 Å². The number of esters is 1. The van der Waals surface area contributed by atoms with Gasteiger partial charge in [0.2, 0.25) is 5.91 Å². The zero-order valence-electron chi connectivity index (χ0n) is 12.2. The first kappa shape index (κ1) is 15.5. The van der Waals surface area contributed by atoms with Gasteiger partial charge in [0.25, 0.3) is 0 Å². The molecule has 1 aromatic rings. The standard InChI is InChI=1S/C16H20FNO3/c1-21-16(20)14-8-4-5-11-18(14)15(19)10-9-12-6-2-3-7-13(12)17/h2-3,6-7,14H,4-5,8-11H2,1H3. The van der Waals surface area contributed by atoms with Gasteiger partial charge in [-0.05, 0) is 37.3 Å². The van der Waals surface area contributed by atoms with Crippen molar-refractivity contribution in [3.05, 3.63) is 35.6 Å². The SMILES string of the molecule is COC(=O)C1CCCCN1C(=O)CCc1ccccc1F. The van der Waals surface area contributed by atoms with Crippen molar-refractivity contribution < 1.29 is 18.7 Å². The van der Waals surface area contributed by atoms with Crippen molar-refractivity contribution in [2.45, 2.75) is 38.1 Å². The van der Waals surface area contributed by atoms with Crippen molar-refractivity contribution in [2.75, 3.05) is 13.7 Å². The van der Waals surface area contributed by atoms with E-state index in [4.69, 9.17) is 4.74 Å². The average molecular weight is 293 g/mol. The van der Waals surface area contributed by atoms with Crippen LogP contribution in [0.5, 0.6) is 0 Å². The highest BCUT2D eigenvalue weighted by Gasteiger charge is 2.32. The van der Waals surface area contributed by atoms with Crippen LogP contribution in [0.3, 0.4) is 0 Å². The van der Waals surface area contributed by atoms with Gasteiger partial charge >= 0.3 is 5.97 Å². The predicted molar refractivity (Wildman–Crippen MR) is 76.1 cm³/mol. The second-order valence-electron chi connectivity index (χ2n) is 5.21. The molecule has 1 unspecified atom stereocenters. The van der Waals surface area contributed by atoms with E-state index in [0.717, 1.165) is 12.8 Å². The molecular weight excluding hydrogens is 273 g/mol. The molecule has 0 N–H and O–H groups in total. The first-order valence-corrected chi connectivity index (χ1v) is 7.24. The van der Waals surface area contributed by atoms with Crippen LogP contribution < -0.4 is 0 Å². The van der Waals surface area contributed by atoms with Gasteiger partial charge in [-0.1, -0.05) is 18.2 Å². The third-order valence-corrected chi connectivity index (χ3v) is 3.86. The Balaban J connectivity index is 1.98. The van der Waals surface area contributed by atoms with Crippen LogP contribution in [0, 0.1) is 5.82 Å². The van der Waals surface area contributed by atoms with E-state index in [-0.39, 0.29) is 24.1 Å². The fourth-order valence-electron chi connectivity index (χ4n) is 2.70. The quantitative estimate of drug-likeness (QED) is 0.800. The summed E-state index contributed by atoms with van der Waals surface area (Å²) in [5.41, 5.74) is 0.525. The Morgan fingerprint density at radius 3 is 2.81 bits per heavy atom. The van der Waals surface area contributed by atoms with Crippen molar-refractivity contribution >= 4 is 11.9 Å². The molecule has 1 aliphatic heterocycles. The van der Waals surface area contributed by atoms with Gasteiger partial charge < -0.3 is 9.64 Å². The summed E-state index contributed by atoms with van der Waals surface area (Å²) in [6.07, 6.45) is 2.98. The lowest BCUT2D eigenvalue weighted by Gasteiger charge is -2.33. The normalized spacial score (nSPS) is 18.4. The summed E-state index contributed by atoms with van der Waals surface area (Å²) in [5, 5.41) is 0. The maximum Gasteiger partial charge on any atom is 0.328 e. The number of amides is 1. The van der Waals surface area contributed by atoms with Gasteiger partial charge in [0.05, 0.1) is 7.11 Å². The minimum absolute atomic E-state index is 0.117. The van der Waals surface area contributed by atoms with Gasteiger partial charge in [0.15, 0.2) is 0 Å². The highest BCUT2D eigenvalue weighted by molar-refractivity contribution is 5.84. The molecular formula is C16H20FNO3. The van der Waals surface area contributed by atoms with E-state index < -0.39 is 6.04 Å². The van der Waals surface area contributed by atoms with Gasteiger partial charge in [-0.15, -0.1) is 0 Å². The van der Waals surface area contributed by atoms with Crippen LogP contribution in [0.4, 0.5) is 4.39 Å². The largest absolute Gasteiger partial charge is 0.467 e. The van der Waals surface area contributed by atoms with Crippen LogP contribution in [0.25, 0.3) is 0 Å². The lowest BCUT2D eigenvalue weighted by Crippen LogP contribution is -2.48. The van der Waals surface area contributed by atoms with Gasteiger partial charge in [-0.3, -0.25) is 4.79 Å². The third kappa shape index (κ3) is 3.80. The molecule has 0 spiro atoms. The van der Waals surface area contributed by atoms with Crippen LogP contribution in [0.2, 0.25) is 0 Å². The Morgan fingerprint density at radius 1 is 1.33 bits per heavy atom. The number of carbonyl (C=O) groups is 2. The van der Waals surface area contributed by atoms with E-state index in [1.165, 1.54) is 13.2 Å². The van der Waals surface area contributed by atoms with E-state index >= 15 is 0 Å². The van der Waals surface area contributed by atoms with Crippen molar-refractivity contribution in [2.24, 2.45) is 0 Å². The summed E-state index contributed by atoms with van der Waals surface area (Å²) in [7, 11) is 1.33. The number of halogens is 1. The number of hydrogen-bond donors (Lipinski definition) is 0. The zero-order valence-corrected chi connectivity index (χ0v) is 12.2. The van der Waals surface area contributed by atoms with Gasteiger partial charge in [-0.25, -0.2) is 9.18 Å². The molecule has 0 radical (unpaired) electrons. The van der Waals surface area contributed by atoms with Crippen LogP contribution in [0.15, 0.2) is 24.3 Å². The maximum absolute atomic E-state index is 13.5. The number of rotatable bonds is 4. The van der Waals surface area contributed by atoms with Gasteiger partial charge in [0, 0.05) is 13.0 Å². The summed E-state index contributed by atoms with van der Waals surface area (Å²) in [6.45, 7) is 0.565. The van der Waals surface area contributed by atoms with Gasteiger partial charge in [-0.2, -0.15) is 0 Å². The average Bonchev–Trinajstić information content (AvgIpc) is 2.53. The number of likely N-dealkylation sites (tertiary alicyclic amines) is 1. The number of piperidine rings is 1. The second kappa shape index (κ2) is 7.20. The van der Waals surface area contributed by atoms with Crippen molar-refractivity contribution in [1.82, 2.24) is 4.90 Å². The molecule has 1 fully saturated rings. The molecule has 1 aliphatic rings. The Morgan fingerprint density at radius 2 is 2.10 bits per heavy atom. The lowest BCUT2D eigenvalue weighted by molar-refractivity contribution is -0.154. The molecule has 0 bridgehead atoms. The molecule has 2 rings (SSSR count). The van der Waals surface area contributed by atoms with E-state index in [0.29, 0.717) is 24.9 Å². The molecule has 1 atom stereocenters. The number of benzene rings is 1. The van der Waals surface area contributed by atoms with Crippen LogP contribution in [-0.4, -0.2) is 36.5 Å². The van der Waals surface area contributed by atoms with Crippen LogP contribution in [0.1, 0.15) is 31.2 Å². The molecule has 1 aromatic carbocycles. The smallest absolute Gasteiger partial charge is 0.328 e. The summed E-state index contributed by atoms with van der Waals surface area (Å²) in [5.74, 6) is -0.782. The topological polar surface area (TPSA) is 46.6 Å². The maximum atomic E-state index is 13.5. The molecule has 0 aromatic heterocycles. The Hall–Kier alpha value is -1.91. The minimum atomic E-state index is -0.489. The molecule has 1 heterocycles. The molecule has 114 valence electrons. The molecule has 5 heteroatoms. The fourth-order valence-corrected chi connectivity index (χ4v) is 2.70. The van der Waals surface area contributed by atoms with E-state index in [1.54, 1.807) is 23.1 Å². The number of methoxy groups -OCH3 is 1. The Kier molecular flexibility index (Phi) is 5.31. The molecule has 1 amide bonds. The number of aryl methyl sites for hydroxylation is 1. The number of carbonyl (C=O) groups excluding carboxylic acids is 2. The Bertz CT molecular complexity index is 518. The number of ether oxygens (including phenoxy) is 1. The first-order chi connectivity index (χ1) is 10.1.